The number of ether oxygens (including phenoxy) is 2. The summed E-state index contributed by atoms with van der Waals surface area (Å²) in [6.07, 6.45) is 0. The third kappa shape index (κ3) is 5.61. The molecule has 0 radical (unpaired) electrons. The Morgan fingerprint density at radius 1 is 1.00 bits per heavy atom. The van der Waals surface area contributed by atoms with E-state index in [0.717, 1.165) is 11.3 Å². The van der Waals surface area contributed by atoms with Gasteiger partial charge in [-0.05, 0) is 18.1 Å². The molecule has 0 bridgehead atoms. The van der Waals surface area contributed by atoms with Gasteiger partial charge >= 0.3 is 0 Å². The van der Waals surface area contributed by atoms with Crippen molar-refractivity contribution in [2.75, 3.05) is 19.5 Å². The van der Waals surface area contributed by atoms with E-state index in [4.69, 9.17) is 9.47 Å². The summed E-state index contributed by atoms with van der Waals surface area (Å²) in [6, 6.07) is 13.9. The van der Waals surface area contributed by atoms with Crippen molar-refractivity contribution in [3.63, 3.8) is 0 Å². The number of hydrogen-bond donors (Lipinski definition) is 2. The monoisotopic (exact) mass is 439 g/mol. The third-order valence-corrected chi connectivity index (χ3v) is 5.41. The maximum absolute atomic E-state index is 12.9. The van der Waals surface area contributed by atoms with Crippen molar-refractivity contribution >= 4 is 28.3 Å². The molecule has 1 atom stereocenters. The number of carbonyl (C=O) groups excluding carboxylic acids is 2. The van der Waals surface area contributed by atoms with Crippen molar-refractivity contribution < 1.29 is 19.1 Å². The molecule has 0 spiro atoms. The highest BCUT2D eigenvalue weighted by atomic mass is 32.1. The zero-order valence-electron chi connectivity index (χ0n) is 17.8. The standard InChI is InChI=1S/C23H25N3O4S/c1-14(2)20(25-21(27)16-10-17(29-3)12-18(11-16)30-4)22(28)26-23-24-19(13-31-23)15-8-6-5-7-9-15/h5-14,20H,1-4H3,(H,25,27)(H,24,26,28)/t20-/m1/s1. The Labute approximate surface area is 185 Å². The second-order valence-corrected chi connectivity index (χ2v) is 8.05. The number of amides is 2. The molecule has 3 aromatic rings. The fourth-order valence-corrected chi connectivity index (χ4v) is 3.68. The SMILES string of the molecule is COc1cc(OC)cc(C(=O)N[C@@H](C(=O)Nc2nc(-c3ccccc3)cs2)C(C)C)c1. The van der Waals surface area contributed by atoms with Gasteiger partial charge in [-0.15, -0.1) is 11.3 Å². The van der Waals surface area contributed by atoms with Gasteiger partial charge in [-0.2, -0.15) is 0 Å². The lowest BCUT2D eigenvalue weighted by atomic mass is 10.0. The van der Waals surface area contributed by atoms with Crippen molar-refractivity contribution in [2.24, 2.45) is 5.92 Å². The van der Waals surface area contributed by atoms with E-state index in [9.17, 15) is 9.59 Å². The molecule has 8 heteroatoms. The quantitative estimate of drug-likeness (QED) is 0.549. The normalized spacial score (nSPS) is 11.6. The molecule has 0 saturated heterocycles. The molecule has 0 unspecified atom stereocenters. The summed E-state index contributed by atoms with van der Waals surface area (Å²) in [6.45, 7) is 3.74. The number of benzene rings is 2. The van der Waals surface area contributed by atoms with Gasteiger partial charge in [0.1, 0.15) is 17.5 Å². The molecule has 0 aliphatic rings. The van der Waals surface area contributed by atoms with Crippen LogP contribution in [0.2, 0.25) is 0 Å². The van der Waals surface area contributed by atoms with E-state index >= 15 is 0 Å². The average molecular weight is 440 g/mol. The van der Waals surface area contributed by atoms with Crippen LogP contribution in [0.4, 0.5) is 5.13 Å². The zero-order chi connectivity index (χ0) is 22.4. The van der Waals surface area contributed by atoms with Crippen LogP contribution in [0.3, 0.4) is 0 Å². The van der Waals surface area contributed by atoms with Crippen LogP contribution in [-0.2, 0) is 4.79 Å². The van der Waals surface area contributed by atoms with Gasteiger partial charge in [0.25, 0.3) is 5.91 Å². The van der Waals surface area contributed by atoms with E-state index in [2.05, 4.69) is 15.6 Å². The van der Waals surface area contributed by atoms with Crippen molar-refractivity contribution in [2.45, 2.75) is 19.9 Å². The molecule has 2 aromatic carbocycles. The van der Waals surface area contributed by atoms with Crippen LogP contribution in [0, 0.1) is 5.92 Å². The Morgan fingerprint density at radius 3 is 2.23 bits per heavy atom. The molecule has 7 nitrogen and oxygen atoms in total. The van der Waals surface area contributed by atoms with E-state index in [-0.39, 0.29) is 11.8 Å². The minimum absolute atomic E-state index is 0.134. The lowest BCUT2D eigenvalue weighted by Gasteiger charge is -2.21. The highest BCUT2D eigenvalue weighted by Gasteiger charge is 2.26. The summed E-state index contributed by atoms with van der Waals surface area (Å²) in [5.74, 6) is 0.130. The predicted molar refractivity (Wildman–Crippen MR) is 122 cm³/mol. The van der Waals surface area contributed by atoms with Gasteiger partial charge in [0, 0.05) is 22.6 Å². The van der Waals surface area contributed by atoms with E-state index in [1.165, 1.54) is 25.6 Å². The molecular formula is C23H25N3O4S. The van der Waals surface area contributed by atoms with Gasteiger partial charge in [0.05, 0.1) is 19.9 Å². The highest BCUT2D eigenvalue weighted by Crippen LogP contribution is 2.25. The maximum atomic E-state index is 12.9. The zero-order valence-corrected chi connectivity index (χ0v) is 18.7. The maximum Gasteiger partial charge on any atom is 0.252 e. The van der Waals surface area contributed by atoms with Crippen LogP contribution in [0.25, 0.3) is 11.3 Å². The minimum Gasteiger partial charge on any atom is -0.497 e. The molecule has 162 valence electrons. The first-order chi connectivity index (χ1) is 14.9. The number of methoxy groups -OCH3 is 2. The second kappa shape index (κ2) is 10.1. The molecule has 31 heavy (non-hydrogen) atoms. The topological polar surface area (TPSA) is 89.5 Å². The fraction of sp³-hybridized carbons (Fsp3) is 0.261. The van der Waals surface area contributed by atoms with Crippen molar-refractivity contribution in [1.82, 2.24) is 10.3 Å². The summed E-state index contributed by atoms with van der Waals surface area (Å²) >= 11 is 1.34. The van der Waals surface area contributed by atoms with Crippen LogP contribution in [0.1, 0.15) is 24.2 Å². The largest absolute Gasteiger partial charge is 0.497 e. The number of nitrogens with one attached hydrogen (secondary N) is 2. The minimum atomic E-state index is -0.742. The van der Waals surface area contributed by atoms with Crippen LogP contribution in [0.5, 0.6) is 11.5 Å². The molecule has 1 aromatic heterocycles. The first-order valence-corrected chi connectivity index (χ1v) is 10.6. The van der Waals surface area contributed by atoms with Crippen molar-refractivity contribution in [1.29, 1.82) is 0 Å². The van der Waals surface area contributed by atoms with E-state index in [1.54, 1.807) is 18.2 Å². The number of nitrogens with zero attached hydrogens (tertiary/aromatic N) is 1. The van der Waals surface area contributed by atoms with Crippen LogP contribution >= 0.6 is 11.3 Å². The summed E-state index contributed by atoms with van der Waals surface area (Å²) < 4.78 is 10.4. The van der Waals surface area contributed by atoms with E-state index in [1.807, 2.05) is 49.6 Å². The first-order valence-electron chi connectivity index (χ1n) is 9.77. The number of carbonyl (C=O) groups is 2. The van der Waals surface area contributed by atoms with Gasteiger partial charge in [0.2, 0.25) is 5.91 Å². The molecule has 0 aliphatic heterocycles. The lowest BCUT2D eigenvalue weighted by molar-refractivity contribution is -0.118. The molecular weight excluding hydrogens is 414 g/mol. The van der Waals surface area contributed by atoms with Gasteiger partial charge in [-0.3, -0.25) is 9.59 Å². The van der Waals surface area contributed by atoms with Gasteiger partial charge in [0.15, 0.2) is 5.13 Å². The van der Waals surface area contributed by atoms with Gasteiger partial charge in [-0.1, -0.05) is 44.2 Å². The summed E-state index contributed by atoms with van der Waals surface area (Å²) in [5, 5.41) is 7.99. The molecule has 1 heterocycles. The lowest BCUT2D eigenvalue weighted by Crippen LogP contribution is -2.47. The number of anilines is 1. The van der Waals surface area contributed by atoms with Crippen molar-refractivity contribution in [3.8, 4) is 22.8 Å². The smallest absolute Gasteiger partial charge is 0.252 e. The molecule has 0 fully saturated rings. The Hall–Kier alpha value is -3.39. The predicted octanol–water partition coefficient (Wildman–Crippen LogP) is 4.22. The summed E-state index contributed by atoms with van der Waals surface area (Å²) in [5.41, 5.74) is 2.10. The van der Waals surface area contributed by atoms with Crippen LogP contribution < -0.4 is 20.1 Å². The molecule has 3 rings (SSSR count). The summed E-state index contributed by atoms with van der Waals surface area (Å²) in [4.78, 5) is 30.2. The number of hydrogen-bond acceptors (Lipinski definition) is 6. The van der Waals surface area contributed by atoms with E-state index in [0.29, 0.717) is 22.2 Å². The summed E-state index contributed by atoms with van der Waals surface area (Å²) in [7, 11) is 3.02. The highest BCUT2D eigenvalue weighted by molar-refractivity contribution is 7.14. The first kappa shape index (κ1) is 22.3. The Balaban J connectivity index is 1.73. The Bertz CT molecular complexity index is 1030. The Morgan fingerprint density at radius 2 is 1.65 bits per heavy atom. The van der Waals surface area contributed by atoms with Crippen LogP contribution in [-0.4, -0.2) is 37.1 Å². The molecule has 0 saturated carbocycles. The van der Waals surface area contributed by atoms with Crippen molar-refractivity contribution in [3.05, 3.63) is 59.5 Å². The van der Waals surface area contributed by atoms with Gasteiger partial charge < -0.3 is 20.1 Å². The second-order valence-electron chi connectivity index (χ2n) is 7.19. The number of aromatic nitrogens is 1. The Kier molecular flexibility index (Phi) is 7.25. The van der Waals surface area contributed by atoms with Gasteiger partial charge in [-0.25, -0.2) is 4.98 Å². The van der Waals surface area contributed by atoms with Crippen LogP contribution in [0.15, 0.2) is 53.9 Å². The molecule has 2 amide bonds. The molecule has 2 N–H and O–H groups in total. The fourth-order valence-electron chi connectivity index (χ4n) is 2.95. The third-order valence-electron chi connectivity index (χ3n) is 4.65. The number of thiazole rings is 1. The molecule has 0 aliphatic carbocycles. The number of rotatable bonds is 8. The average Bonchev–Trinajstić information content (AvgIpc) is 3.25. The van der Waals surface area contributed by atoms with E-state index < -0.39 is 11.9 Å².